The van der Waals surface area contributed by atoms with E-state index in [0.717, 1.165) is 18.2 Å². The van der Waals surface area contributed by atoms with Gasteiger partial charge in [-0.2, -0.15) is 0 Å². The molecule has 0 bridgehead atoms. The highest BCUT2D eigenvalue weighted by molar-refractivity contribution is 7.93. The molecule has 0 saturated carbocycles. The minimum Gasteiger partial charge on any atom is -0.280 e. The smallest absolute Gasteiger partial charge is 0.280 e. The van der Waals surface area contributed by atoms with Crippen molar-refractivity contribution in [3.05, 3.63) is 87.9 Å². The Kier molecular flexibility index (Phi) is 5.97. The Morgan fingerprint density at radius 2 is 1.37 bits per heavy atom. The summed E-state index contributed by atoms with van der Waals surface area (Å²) in [4.78, 5) is 9.55. The summed E-state index contributed by atoms with van der Waals surface area (Å²) >= 11 is 5.85. The van der Waals surface area contributed by atoms with Gasteiger partial charge in [0.05, 0.1) is 21.2 Å². The summed E-state index contributed by atoms with van der Waals surface area (Å²) in [5.41, 5.74) is -0.452. The third-order valence-corrected chi connectivity index (χ3v) is 6.87. The fourth-order valence-electron chi connectivity index (χ4n) is 2.54. The lowest BCUT2D eigenvalue weighted by atomic mass is 10.3. The first-order valence-corrected chi connectivity index (χ1v) is 11.6. The predicted octanol–water partition coefficient (Wildman–Crippen LogP) is 3.85. The Hall–Kier alpha value is -3.15. The molecule has 3 rings (SSSR count). The molecule has 2 N–H and O–H groups in total. The number of nitro benzene ring substituents is 1. The van der Waals surface area contributed by atoms with E-state index < -0.39 is 35.6 Å². The highest BCUT2D eigenvalue weighted by Gasteiger charge is 2.25. The number of hydrogen-bond acceptors (Lipinski definition) is 6. The molecule has 156 valence electrons. The lowest BCUT2D eigenvalue weighted by Crippen LogP contribution is -2.16. The summed E-state index contributed by atoms with van der Waals surface area (Å²) < 4.78 is 55.0. The second-order valence-corrected chi connectivity index (χ2v) is 9.74. The van der Waals surface area contributed by atoms with Gasteiger partial charge in [0.15, 0.2) is 4.90 Å². The Labute approximate surface area is 177 Å². The Morgan fingerprint density at radius 3 is 2.03 bits per heavy atom. The van der Waals surface area contributed by atoms with Crippen molar-refractivity contribution >= 4 is 48.7 Å². The largest absolute Gasteiger partial charge is 0.289 e. The van der Waals surface area contributed by atoms with Crippen LogP contribution in [0.2, 0.25) is 5.02 Å². The molecule has 0 aromatic heterocycles. The van der Waals surface area contributed by atoms with Crippen LogP contribution in [0, 0.1) is 10.1 Å². The van der Waals surface area contributed by atoms with Gasteiger partial charge in [-0.25, -0.2) is 16.8 Å². The molecule has 3 aromatic carbocycles. The van der Waals surface area contributed by atoms with Crippen molar-refractivity contribution in [2.75, 3.05) is 9.44 Å². The zero-order valence-electron chi connectivity index (χ0n) is 15.0. The van der Waals surface area contributed by atoms with E-state index in [1.807, 2.05) is 0 Å². The molecule has 0 aliphatic carbocycles. The molecule has 0 saturated heterocycles. The molecule has 0 aliphatic heterocycles. The van der Waals surface area contributed by atoms with Crippen molar-refractivity contribution in [2.24, 2.45) is 0 Å². The fraction of sp³-hybridized carbons (Fsp3) is 0. The Bertz CT molecular complexity index is 1330. The van der Waals surface area contributed by atoms with Crippen LogP contribution in [-0.2, 0) is 20.0 Å². The fourth-order valence-corrected chi connectivity index (χ4v) is 5.05. The van der Waals surface area contributed by atoms with Gasteiger partial charge in [0.2, 0.25) is 0 Å². The Balaban J connectivity index is 1.91. The number of hydrogen-bond donors (Lipinski definition) is 2. The summed E-state index contributed by atoms with van der Waals surface area (Å²) in [6.07, 6.45) is 0. The first kappa shape index (κ1) is 21.6. The zero-order valence-corrected chi connectivity index (χ0v) is 17.4. The lowest BCUT2D eigenvalue weighted by molar-refractivity contribution is -0.387. The molecular weight excluding hydrogens is 454 g/mol. The van der Waals surface area contributed by atoms with Gasteiger partial charge in [-0.05, 0) is 42.5 Å². The molecule has 0 heterocycles. The van der Waals surface area contributed by atoms with Crippen LogP contribution in [0.5, 0.6) is 0 Å². The number of nitrogens with zero attached hydrogens (tertiary/aromatic N) is 1. The van der Waals surface area contributed by atoms with Gasteiger partial charge < -0.3 is 0 Å². The van der Waals surface area contributed by atoms with Crippen LogP contribution in [0.4, 0.5) is 17.1 Å². The molecule has 0 unspecified atom stereocenters. The molecular formula is C18H14ClN3O6S2. The van der Waals surface area contributed by atoms with E-state index >= 15 is 0 Å². The first-order valence-electron chi connectivity index (χ1n) is 8.23. The number of nitrogens with one attached hydrogen (secondary N) is 2. The van der Waals surface area contributed by atoms with Gasteiger partial charge in [0.25, 0.3) is 25.7 Å². The predicted molar refractivity (Wildman–Crippen MR) is 113 cm³/mol. The molecule has 30 heavy (non-hydrogen) atoms. The summed E-state index contributed by atoms with van der Waals surface area (Å²) in [5.74, 6) is 0. The normalized spacial score (nSPS) is 11.6. The first-order chi connectivity index (χ1) is 14.1. The van der Waals surface area contributed by atoms with E-state index in [2.05, 4.69) is 9.44 Å². The summed E-state index contributed by atoms with van der Waals surface area (Å²) in [6.45, 7) is 0. The summed E-state index contributed by atoms with van der Waals surface area (Å²) in [7, 11) is -8.39. The molecule has 0 aliphatic rings. The topological polar surface area (TPSA) is 135 Å². The average Bonchev–Trinajstić information content (AvgIpc) is 2.67. The minimum atomic E-state index is -4.34. The number of sulfonamides is 2. The maximum atomic E-state index is 12.6. The van der Waals surface area contributed by atoms with Gasteiger partial charge in [0, 0.05) is 11.1 Å². The summed E-state index contributed by atoms with van der Waals surface area (Å²) in [6, 6.07) is 15.9. The van der Waals surface area contributed by atoms with Gasteiger partial charge in [0.1, 0.15) is 0 Å². The standard InChI is InChI=1S/C18H14ClN3O6S2/c19-13-5-3-6-14(11-13)20-29(25,26)16-8-4-7-15(12-16)21-30(27,28)18-10-2-1-9-17(18)22(23)24/h1-12,20-21H. The second kappa shape index (κ2) is 8.30. The van der Waals surface area contributed by atoms with Crippen LogP contribution in [0.1, 0.15) is 0 Å². The second-order valence-electron chi connectivity index (χ2n) is 5.97. The van der Waals surface area contributed by atoms with E-state index in [9.17, 15) is 26.9 Å². The Morgan fingerprint density at radius 1 is 0.767 bits per heavy atom. The average molecular weight is 468 g/mol. The van der Waals surface area contributed by atoms with Crippen molar-refractivity contribution < 1.29 is 21.8 Å². The van der Waals surface area contributed by atoms with Crippen LogP contribution in [-0.4, -0.2) is 21.8 Å². The van der Waals surface area contributed by atoms with E-state index in [1.54, 1.807) is 12.1 Å². The molecule has 0 radical (unpaired) electrons. The van der Waals surface area contributed by atoms with Crippen molar-refractivity contribution in [3.8, 4) is 0 Å². The number of rotatable bonds is 7. The van der Waals surface area contributed by atoms with Crippen molar-refractivity contribution in [2.45, 2.75) is 9.79 Å². The third kappa shape index (κ3) is 4.87. The maximum Gasteiger partial charge on any atom is 0.289 e. The quantitative estimate of drug-likeness (QED) is 0.400. The van der Waals surface area contributed by atoms with Gasteiger partial charge in [-0.3, -0.25) is 19.6 Å². The van der Waals surface area contributed by atoms with Crippen LogP contribution in [0.3, 0.4) is 0 Å². The number of nitro groups is 1. The van der Waals surface area contributed by atoms with Crippen LogP contribution < -0.4 is 9.44 Å². The van der Waals surface area contributed by atoms with Crippen molar-refractivity contribution in [1.82, 2.24) is 0 Å². The van der Waals surface area contributed by atoms with Gasteiger partial charge in [-0.15, -0.1) is 0 Å². The monoisotopic (exact) mass is 467 g/mol. The molecule has 0 amide bonds. The minimum absolute atomic E-state index is 0.0814. The summed E-state index contributed by atoms with van der Waals surface area (Å²) in [5, 5.41) is 11.5. The lowest BCUT2D eigenvalue weighted by Gasteiger charge is -2.11. The highest BCUT2D eigenvalue weighted by atomic mass is 35.5. The number of benzene rings is 3. The number of anilines is 2. The van der Waals surface area contributed by atoms with E-state index in [-0.39, 0.29) is 16.3 Å². The maximum absolute atomic E-state index is 12.6. The molecule has 12 heteroatoms. The number of para-hydroxylation sites is 1. The van der Waals surface area contributed by atoms with Gasteiger partial charge >= 0.3 is 0 Å². The SMILES string of the molecule is O=[N+]([O-])c1ccccc1S(=O)(=O)Nc1cccc(S(=O)(=O)Nc2cccc(Cl)c2)c1. The van der Waals surface area contributed by atoms with Crippen molar-refractivity contribution in [1.29, 1.82) is 0 Å². The van der Waals surface area contributed by atoms with E-state index in [4.69, 9.17) is 11.6 Å². The number of halogens is 1. The van der Waals surface area contributed by atoms with E-state index in [0.29, 0.717) is 5.02 Å². The van der Waals surface area contributed by atoms with Crippen molar-refractivity contribution in [3.63, 3.8) is 0 Å². The zero-order chi connectivity index (χ0) is 21.9. The van der Waals surface area contributed by atoms with Gasteiger partial charge in [-0.1, -0.05) is 35.9 Å². The van der Waals surface area contributed by atoms with Crippen LogP contribution >= 0.6 is 11.6 Å². The molecule has 3 aromatic rings. The molecule has 0 atom stereocenters. The third-order valence-electron chi connectivity index (χ3n) is 3.82. The molecule has 0 spiro atoms. The van der Waals surface area contributed by atoms with Crippen LogP contribution in [0.25, 0.3) is 0 Å². The molecule has 9 nitrogen and oxygen atoms in total. The van der Waals surface area contributed by atoms with Crippen LogP contribution in [0.15, 0.2) is 82.6 Å². The highest BCUT2D eigenvalue weighted by Crippen LogP contribution is 2.27. The molecule has 0 fully saturated rings. The van der Waals surface area contributed by atoms with E-state index in [1.165, 1.54) is 42.5 Å².